The van der Waals surface area contributed by atoms with Gasteiger partial charge in [-0.05, 0) is 48.1 Å². The second kappa shape index (κ2) is 5.08. The zero-order valence-corrected chi connectivity index (χ0v) is 13.1. The molecule has 0 amide bonds. The summed E-state index contributed by atoms with van der Waals surface area (Å²) >= 11 is 1.65. The summed E-state index contributed by atoms with van der Waals surface area (Å²) in [5.41, 5.74) is 6.79. The number of aryl methyl sites for hydroxylation is 1. The summed E-state index contributed by atoms with van der Waals surface area (Å²) in [4.78, 5) is 1.32. The summed E-state index contributed by atoms with van der Waals surface area (Å²) in [5.74, 6) is -0.592. The molecule has 2 N–H and O–H groups in total. The van der Waals surface area contributed by atoms with Crippen molar-refractivity contribution in [3.63, 3.8) is 0 Å². The molecule has 1 aliphatic heterocycles. The molecule has 3 rings (SSSR count). The van der Waals surface area contributed by atoms with Gasteiger partial charge in [0.1, 0.15) is 5.82 Å². The SMILES string of the molecule is Cc1cc(F)c(N)cc1S(=O)(=O)N1CCc2sccc2C1. The van der Waals surface area contributed by atoms with Gasteiger partial charge in [0.2, 0.25) is 10.0 Å². The summed E-state index contributed by atoms with van der Waals surface area (Å²) in [5, 5.41) is 1.97. The molecule has 0 radical (unpaired) electrons. The molecule has 0 atom stereocenters. The Morgan fingerprint density at radius 2 is 2.14 bits per heavy atom. The lowest BCUT2D eigenvalue weighted by Gasteiger charge is -2.27. The maximum atomic E-state index is 13.4. The van der Waals surface area contributed by atoms with Crippen molar-refractivity contribution in [1.29, 1.82) is 0 Å². The van der Waals surface area contributed by atoms with E-state index in [9.17, 15) is 12.8 Å². The summed E-state index contributed by atoms with van der Waals surface area (Å²) in [7, 11) is -3.66. The van der Waals surface area contributed by atoms with E-state index in [4.69, 9.17) is 5.73 Å². The van der Waals surface area contributed by atoms with Crippen LogP contribution in [0.1, 0.15) is 16.0 Å². The van der Waals surface area contributed by atoms with Gasteiger partial charge in [-0.2, -0.15) is 4.31 Å². The topological polar surface area (TPSA) is 63.4 Å². The van der Waals surface area contributed by atoms with Crippen LogP contribution in [0.15, 0.2) is 28.5 Å². The van der Waals surface area contributed by atoms with Crippen LogP contribution in [0.25, 0.3) is 0 Å². The van der Waals surface area contributed by atoms with Gasteiger partial charge >= 0.3 is 0 Å². The Hall–Kier alpha value is -1.44. The Labute approximate surface area is 127 Å². The third kappa shape index (κ3) is 2.45. The number of nitrogens with zero attached hydrogens (tertiary/aromatic N) is 1. The quantitative estimate of drug-likeness (QED) is 0.863. The molecule has 0 saturated carbocycles. The highest BCUT2D eigenvalue weighted by atomic mass is 32.2. The third-order valence-corrected chi connectivity index (χ3v) is 6.69. The lowest BCUT2D eigenvalue weighted by molar-refractivity contribution is 0.394. The lowest BCUT2D eigenvalue weighted by Crippen LogP contribution is -2.35. The zero-order chi connectivity index (χ0) is 15.2. The van der Waals surface area contributed by atoms with Crippen LogP contribution in [0.2, 0.25) is 0 Å². The van der Waals surface area contributed by atoms with E-state index < -0.39 is 15.8 Å². The number of benzene rings is 1. The lowest BCUT2D eigenvalue weighted by atomic mass is 10.1. The van der Waals surface area contributed by atoms with Gasteiger partial charge in [-0.3, -0.25) is 0 Å². The fourth-order valence-corrected chi connectivity index (χ4v) is 5.06. The highest BCUT2D eigenvalue weighted by molar-refractivity contribution is 7.89. The van der Waals surface area contributed by atoms with Gasteiger partial charge in [-0.1, -0.05) is 0 Å². The first kappa shape index (κ1) is 14.5. The molecule has 2 aromatic rings. The van der Waals surface area contributed by atoms with Crippen molar-refractivity contribution in [2.75, 3.05) is 12.3 Å². The molecule has 0 bridgehead atoms. The molecule has 21 heavy (non-hydrogen) atoms. The van der Waals surface area contributed by atoms with E-state index in [1.807, 2.05) is 11.4 Å². The number of anilines is 1. The minimum absolute atomic E-state index is 0.0834. The third-order valence-electron chi connectivity index (χ3n) is 3.68. The van der Waals surface area contributed by atoms with Crippen LogP contribution in [0.4, 0.5) is 10.1 Å². The molecular weight excluding hydrogens is 311 g/mol. The fourth-order valence-electron chi connectivity index (χ4n) is 2.51. The largest absolute Gasteiger partial charge is 0.396 e. The van der Waals surface area contributed by atoms with Crippen LogP contribution in [0.5, 0.6) is 0 Å². The van der Waals surface area contributed by atoms with Crippen molar-refractivity contribution >= 4 is 27.0 Å². The van der Waals surface area contributed by atoms with E-state index in [1.165, 1.54) is 21.3 Å². The predicted molar refractivity (Wildman–Crippen MR) is 81.2 cm³/mol. The molecule has 0 saturated heterocycles. The standard InChI is InChI=1S/C14H15FN2O2S2/c1-9-6-11(15)12(16)7-14(9)21(18,19)17-4-2-13-10(8-17)3-5-20-13/h3,5-7H,2,4,8,16H2,1H3. The first-order valence-electron chi connectivity index (χ1n) is 6.50. The van der Waals surface area contributed by atoms with Crippen LogP contribution in [0, 0.1) is 12.7 Å². The van der Waals surface area contributed by atoms with Gasteiger partial charge < -0.3 is 5.73 Å². The maximum absolute atomic E-state index is 13.4. The summed E-state index contributed by atoms with van der Waals surface area (Å²) in [6.07, 6.45) is 0.710. The van der Waals surface area contributed by atoms with E-state index in [0.29, 0.717) is 25.1 Å². The summed E-state index contributed by atoms with van der Waals surface area (Å²) < 4.78 is 40.4. The number of sulfonamides is 1. The van der Waals surface area contributed by atoms with E-state index in [0.717, 1.165) is 5.56 Å². The minimum Gasteiger partial charge on any atom is -0.396 e. The Balaban J connectivity index is 2.00. The van der Waals surface area contributed by atoms with Gasteiger partial charge in [-0.15, -0.1) is 11.3 Å². The average Bonchev–Trinajstić information content (AvgIpc) is 2.90. The maximum Gasteiger partial charge on any atom is 0.243 e. The molecule has 0 spiro atoms. The molecule has 0 aliphatic carbocycles. The summed E-state index contributed by atoms with van der Waals surface area (Å²) in [6.45, 7) is 2.37. The second-order valence-electron chi connectivity index (χ2n) is 5.10. The van der Waals surface area contributed by atoms with Crippen molar-refractivity contribution < 1.29 is 12.8 Å². The molecule has 4 nitrogen and oxygen atoms in total. The highest BCUT2D eigenvalue weighted by Gasteiger charge is 2.30. The van der Waals surface area contributed by atoms with Crippen molar-refractivity contribution in [2.24, 2.45) is 0 Å². The van der Waals surface area contributed by atoms with Crippen molar-refractivity contribution in [3.8, 4) is 0 Å². The zero-order valence-electron chi connectivity index (χ0n) is 11.5. The van der Waals surface area contributed by atoms with Crippen LogP contribution < -0.4 is 5.73 Å². The Morgan fingerprint density at radius 1 is 1.38 bits per heavy atom. The van der Waals surface area contributed by atoms with Crippen LogP contribution in [-0.4, -0.2) is 19.3 Å². The van der Waals surface area contributed by atoms with Crippen molar-refractivity contribution in [2.45, 2.75) is 24.8 Å². The normalized spacial score (nSPS) is 15.9. The molecule has 1 aromatic heterocycles. The van der Waals surface area contributed by atoms with E-state index in [2.05, 4.69) is 0 Å². The van der Waals surface area contributed by atoms with Gasteiger partial charge in [-0.25, -0.2) is 12.8 Å². The van der Waals surface area contributed by atoms with Crippen LogP contribution in [-0.2, 0) is 23.0 Å². The molecule has 7 heteroatoms. The molecule has 1 aromatic carbocycles. The number of halogens is 1. The van der Waals surface area contributed by atoms with Crippen molar-refractivity contribution in [1.82, 2.24) is 4.31 Å². The van der Waals surface area contributed by atoms with Crippen LogP contribution >= 0.6 is 11.3 Å². The Bertz CT molecular complexity index is 799. The van der Waals surface area contributed by atoms with E-state index in [1.54, 1.807) is 18.3 Å². The Morgan fingerprint density at radius 3 is 2.90 bits per heavy atom. The predicted octanol–water partition coefficient (Wildman–Crippen LogP) is 2.52. The van der Waals surface area contributed by atoms with E-state index in [-0.39, 0.29) is 10.6 Å². The van der Waals surface area contributed by atoms with Crippen molar-refractivity contribution in [3.05, 3.63) is 45.4 Å². The van der Waals surface area contributed by atoms with Gasteiger partial charge in [0.15, 0.2) is 0 Å². The number of hydrogen-bond donors (Lipinski definition) is 1. The first-order chi connectivity index (χ1) is 9.89. The molecule has 112 valence electrons. The van der Waals surface area contributed by atoms with Gasteiger partial charge in [0.05, 0.1) is 10.6 Å². The molecule has 2 heterocycles. The number of thiophene rings is 1. The second-order valence-corrected chi connectivity index (χ2v) is 8.00. The monoisotopic (exact) mass is 326 g/mol. The smallest absolute Gasteiger partial charge is 0.243 e. The minimum atomic E-state index is -3.66. The number of nitrogens with two attached hydrogens (primary N) is 1. The average molecular weight is 326 g/mol. The van der Waals surface area contributed by atoms with Gasteiger partial charge in [0, 0.05) is 18.0 Å². The Kier molecular flexibility index (Phi) is 3.51. The fraction of sp³-hybridized carbons (Fsp3) is 0.286. The highest BCUT2D eigenvalue weighted by Crippen LogP contribution is 2.30. The number of hydrogen-bond acceptors (Lipinski definition) is 4. The number of rotatable bonds is 2. The number of nitrogen functional groups attached to an aromatic ring is 1. The molecular formula is C14H15FN2O2S2. The number of fused-ring (bicyclic) bond motifs is 1. The summed E-state index contributed by atoms with van der Waals surface area (Å²) in [6, 6.07) is 4.33. The molecule has 0 fully saturated rings. The molecule has 0 unspecified atom stereocenters. The van der Waals surface area contributed by atoms with Crippen LogP contribution in [0.3, 0.4) is 0 Å². The van der Waals surface area contributed by atoms with E-state index >= 15 is 0 Å². The van der Waals surface area contributed by atoms with Gasteiger partial charge in [0.25, 0.3) is 0 Å². The first-order valence-corrected chi connectivity index (χ1v) is 8.82. The molecule has 1 aliphatic rings.